The van der Waals surface area contributed by atoms with Gasteiger partial charge in [-0.05, 0) is 48.4 Å². The van der Waals surface area contributed by atoms with Gasteiger partial charge in [-0.2, -0.15) is 0 Å². The quantitative estimate of drug-likeness (QED) is 0.523. The molecule has 0 aliphatic heterocycles. The number of aromatic nitrogens is 1. The van der Waals surface area contributed by atoms with Crippen molar-refractivity contribution >= 4 is 38.4 Å². The number of H-pyrrole nitrogens is 1. The number of sulfonamides is 1. The third kappa shape index (κ3) is 3.73. The number of para-hydroxylation sites is 1. The minimum absolute atomic E-state index is 0.126. The van der Waals surface area contributed by atoms with E-state index in [9.17, 15) is 8.42 Å². The van der Waals surface area contributed by atoms with Gasteiger partial charge in [0.1, 0.15) is 0 Å². The predicted octanol–water partition coefficient (Wildman–Crippen LogP) is 5.37. The molecule has 144 valence electrons. The fourth-order valence-corrected chi connectivity index (χ4v) is 4.92. The highest BCUT2D eigenvalue weighted by Crippen LogP contribution is 2.43. The summed E-state index contributed by atoms with van der Waals surface area (Å²) in [5.41, 5.74) is 3.77. The predicted molar refractivity (Wildman–Crippen MR) is 116 cm³/mol. The van der Waals surface area contributed by atoms with E-state index in [0.29, 0.717) is 5.69 Å². The van der Waals surface area contributed by atoms with Crippen molar-refractivity contribution < 1.29 is 8.42 Å². The molecule has 0 aliphatic carbocycles. The van der Waals surface area contributed by atoms with Crippen LogP contribution in [0.2, 0.25) is 0 Å². The summed E-state index contributed by atoms with van der Waals surface area (Å²) in [5.74, 6) is 0. The van der Waals surface area contributed by atoms with Gasteiger partial charge in [0.05, 0.1) is 17.5 Å². The highest BCUT2D eigenvalue weighted by molar-refractivity contribution is 7.98. The Balaban J connectivity index is 2.19. The van der Waals surface area contributed by atoms with Gasteiger partial charge < -0.3 is 4.98 Å². The fourth-order valence-electron chi connectivity index (χ4n) is 3.94. The van der Waals surface area contributed by atoms with Crippen LogP contribution < -0.4 is 4.72 Å². The van der Waals surface area contributed by atoms with Crippen LogP contribution in [0.3, 0.4) is 0 Å². The number of rotatable bonds is 7. The summed E-state index contributed by atoms with van der Waals surface area (Å²) in [6, 6.07) is 14.5. The van der Waals surface area contributed by atoms with Crippen LogP contribution in [-0.2, 0) is 15.4 Å². The molecule has 0 atom stereocenters. The number of thioether (sulfide) groups is 1. The lowest BCUT2D eigenvalue weighted by Gasteiger charge is -2.33. The SMILES string of the molecule is CCC(CC)(c1ccc(SC)cc1)c1c[nH]c2c(NS(C)(=O)=O)cccc12. The van der Waals surface area contributed by atoms with E-state index in [-0.39, 0.29) is 5.41 Å². The van der Waals surface area contributed by atoms with Crippen LogP contribution in [0.15, 0.2) is 53.6 Å². The highest BCUT2D eigenvalue weighted by Gasteiger charge is 2.33. The summed E-state index contributed by atoms with van der Waals surface area (Å²) >= 11 is 1.74. The van der Waals surface area contributed by atoms with Gasteiger partial charge in [0, 0.05) is 21.9 Å². The second-order valence-electron chi connectivity index (χ2n) is 6.82. The minimum Gasteiger partial charge on any atom is -0.359 e. The molecule has 0 saturated heterocycles. The summed E-state index contributed by atoms with van der Waals surface area (Å²) in [6.07, 6.45) is 7.20. The van der Waals surface area contributed by atoms with Gasteiger partial charge in [-0.25, -0.2) is 8.42 Å². The Hall–Kier alpha value is -1.92. The normalized spacial score (nSPS) is 12.4. The first-order chi connectivity index (χ1) is 12.8. The van der Waals surface area contributed by atoms with Crippen LogP contribution in [-0.4, -0.2) is 25.9 Å². The van der Waals surface area contributed by atoms with E-state index in [0.717, 1.165) is 23.7 Å². The van der Waals surface area contributed by atoms with Gasteiger partial charge in [-0.3, -0.25) is 4.72 Å². The van der Waals surface area contributed by atoms with Crippen molar-refractivity contribution in [3.63, 3.8) is 0 Å². The Kier molecular flexibility index (Phi) is 5.58. The first-order valence-electron chi connectivity index (χ1n) is 9.07. The summed E-state index contributed by atoms with van der Waals surface area (Å²) in [4.78, 5) is 4.56. The molecule has 0 radical (unpaired) electrons. The maximum Gasteiger partial charge on any atom is 0.229 e. The molecule has 0 bridgehead atoms. The lowest BCUT2D eigenvalue weighted by Crippen LogP contribution is -2.25. The van der Waals surface area contributed by atoms with Crippen LogP contribution in [0.5, 0.6) is 0 Å². The first kappa shape index (κ1) is 19.8. The average Bonchev–Trinajstić information content (AvgIpc) is 3.08. The van der Waals surface area contributed by atoms with E-state index in [4.69, 9.17) is 0 Å². The molecule has 3 aromatic rings. The first-order valence-corrected chi connectivity index (χ1v) is 12.2. The molecule has 2 N–H and O–H groups in total. The summed E-state index contributed by atoms with van der Waals surface area (Å²) < 4.78 is 26.0. The molecular weight excluding hydrogens is 376 g/mol. The molecule has 3 rings (SSSR count). The molecule has 2 aromatic carbocycles. The van der Waals surface area contributed by atoms with Crippen molar-refractivity contribution in [1.29, 1.82) is 0 Å². The number of anilines is 1. The second-order valence-corrected chi connectivity index (χ2v) is 9.45. The largest absolute Gasteiger partial charge is 0.359 e. The molecule has 0 aliphatic rings. The van der Waals surface area contributed by atoms with Gasteiger partial charge in [0.25, 0.3) is 0 Å². The zero-order valence-corrected chi connectivity index (χ0v) is 17.8. The summed E-state index contributed by atoms with van der Waals surface area (Å²) in [7, 11) is -3.34. The Morgan fingerprint density at radius 2 is 1.74 bits per heavy atom. The lowest BCUT2D eigenvalue weighted by atomic mass is 9.70. The van der Waals surface area contributed by atoms with Crippen molar-refractivity contribution in [2.75, 3.05) is 17.2 Å². The standard InChI is InChI=1S/C21H26N2O2S2/c1-5-21(6-2,15-10-12-16(26-3)13-11-15)18-14-22-20-17(18)8-7-9-19(20)23-27(4,24)25/h7-14,22-23H,5-6H2,1-4H3. The molecule has 0 amide bonds. The number of fused-ring (bicyclic) bond motifs is 1. The Morgan fingerprint density at radius 3 is 2.30 bits per heavy atom. The molecule has 1 aromatic heterocycles. The van der Waals surface area contributed by atoms with Gasteiger partial charge in [0.15, 0.2) is 0 Å². The highest BCUT2D eigenvalue weighted by atomic mass is 32.2. The van der Waals surface area contributed by atoms with Crippen LogP contribution in [0.25, 0.3) is 10.9 Å². The Bertz CT molecular complexity index is 1030. The summed E-state index contributed by atoms with van der Waals surface area (Å²) in [6.45, 7) is 4.42. The smallest absolute Gasteiger partial charge is 0.229 e. The van der Waals surface area contributed by atoms with Crippen LogP contribution in [0, 0.1) is 0 Å². The minimum atomic E-state index is -3.34. The number of nitrogens with one attached hydrogen (secondary N) is 2. The van der Waals surface area contributed by atoms with Crippen molar-refractivity contribution in [2.45, 2.75) is 37.0 Å². The number of hydrogen-bond acceptors (Lipinski definition) is 3. The number of benzene rings is 2. The Labute approximate surface area is 165 Å². The van der Waals surface area contributed by atoms with E-state index in [1.807, 2.05) is 12.3 Å². The lowest BCUT2D eigenvalue weighted by molar-refractivity contribution is 0.482. The molecular formula is C21H26N2O2S2. The summed E-state index contributed by atoms with van der Waals surface area (Å²) in [5, 5.41) is 1.06. The van der Waals surface area contributed by atoms with E-state index in [1.54, 1.807) is 17.8 Å². The van der Waals surface area contributed by atoms with Crippen molar-refractivity contribution in [3.8, 4) is 0 Å². The van der Waals surface area contributed by atoms with Gasteiger partial charge in [0.2, 0.25) is 10.0 Å². The zero-order valence-electron chi connectivity index (χ0n) is 16.2. The second kappa shape index (κ2) is 7.60. The van der Waals surface area contributed by atoms with E-state index >= 15 is 0 Å². The number of hydrogen-bond donors (Lipinski definition) is 2. The van der Waals surface area contributed by atoms with E-state index < -0.39 is 10.0 Å². The molecule has 1 heterocycles. The van der Waals surface area contributed by atoms with Gasteiger partial charge in [-0.15, -0.1) is 11.8 Å². The molecule has 4 nitrogen and oxygen atoms in total. The van der Waals surface area contributed by atoms with Crippen molar-refractivity contribution in [2.24, 2.45) is 0 Å². The van der Waals surface area contributed by atoms with E-state index in [2.05, 4.69) is 60.1 Å². The molecule has 0 saturated carbocycles. The van der Waals surface area contributed by atoms with E-state index in [1.165, 1.54) is 22.3 Å². The third-order valence-corrected chi connectivity index (χ3v) is 6.71. The van der Waals surface area contributed by atoms with Crippen molar-refractivity contribution in [1.82, 2.24) is 4.98 Å². The Morgan fingerprint density at radius 1 is 1.07 bits per heavy atom. The van der Waals surface area contributed by atoms with Crippen LogP contribution in [0.4, 0.5) is 5.69 Å². The van der Waals surface area contributed by atoms with Crippen molar-refractivity contribution in [3.05, 3.63) is 59.8 Å². The van der Waals surface area contributed by atoms with Crippen LogP contribution in [0.1, 0.15) is 37.8 Å². The fraction of sp³-hybridized carbons (Fsp3) is 0.333. The monoisotopic (exact) mass is 402 g/mol. The van der Waals surface area contributed by atoms with Gasteiger partial charge >= 0.3 is 0 Å². The van der Waals surface area contributed by atoms with Gasteiger partial charge in [-0.1, -0.05) is 38.1 Å². The molecule has 6 heteroatoms. The third-order valence-electron chi connectivity index (χ3n) is 5.38. The molecule has 27 heavy (non-hydrogen) atoms. The van der Waals surface area contributed by atoms with Crippen LogP contribution >= 0.6 is 11.8 Å². The topological polar surface area (TPSA) is 62.0 Å². The molecule has 0 spiro atoms. The maximum absolute atomic E-state index is 11.7. The maximum atomic E-state index is 11.7. The molecule has 0 fully saturated rings. The zero-order chi connectivity index (χ0) is 19.7. The number of aromatic amines is 1. The molecule has 0 unspecified atom stereocenters. The average molecular weight is 403 g/mol.